The van der Waals surface area contributed by atoms with Gasteiger partial charge in [0.1, 0.15) is 6.04 Å². The van der Waals surface area contributed by atoms with Crippen LogP contribution in [-0.4, -0.2) is 38.9 Å². The van der Waals surface area contributed by atoms with Crippen LogP contribution >= 0.6 is 23.4 Å². The molecule has 8 heteroatoms. The summed E-state index contributed by atoms with van der Waals surface area (Å²) in [6.07, 6.45) is 1.44. The summed E-state index contributed by atoms with van der Waals surface area (Å²) in [5.74, 6) is 0.374. The molecule has 0 spiro atoms. The molecule has 0 saturated carbocycles. The first-order chi connectivity index (χ1) is 12.8. The van der Waals surface area contributed by atoms with Crippen molar-refractivity contribution in [3.05, 3.63) is 59.6 Å². The Labute approximate surface area is 170 Å². The van der Waals surface area contributed by atoms with E-state index in [9.17, 15) is 13.2 Å². The van der Waals surface area contributed by atoms with E-state index in [0.29, 0.717) is 29.4 Å². The first-order valence-corrected chi connectivity index (χ1v) is 11.7. The highest BCUT2D eigenvalue weighted by Gasteiger charge is 2.31. The average molecular weight is 427 g/mol. The number of nitrogens with zero attached hydrogens (tertiary/aromatic N) is 1. The lowest BCUT2D eigenvalue weighted by molar-refractivity contribution is -0.122. The van der Waals surface area contributed by atoms with Crippen LogP contribution in [0.15, 0.2) is 59.5 Å². The molecule has 5 nitrogen and oxygen atoms in total. The highest BCUT2D eigenvalue weighted by molar-refractivity contribution is 7.99. The number of halogens is 1. The number of amides is 1. The minimum Gasteiger partial charge on any atom is -0.353 e. The number of nitrogens with one attached hydrogen (secondary N) is 1. The van der Waals surface area contributed by atoms with Crippen molar-refractivity contribution >= 4 is 45.0 Å². The van der Waals surface area contributed by atoms with Crippen molar-refractivity contribution in [2.45, 2.75) is 24.3 Å². The van der Waals surface area contributed by atoms with Gasteiger partial charge in [0.25, 0.3) is 0 Å². The number of hydrogen-bond donors (Lipinski definition) is 1. The fourth-order valence-electron chi connectivity index (χ4n) is 2.65. The van der Waals surface area contributed by atoms with Crippen molar-refractivity contribution in [2.75, 3.05) is 22.9 Å². The summed E-state index contributed by atoms with van der Waals surface area (Å²) >= 11 is 7.63. The van der Waals surface area contributed by atoms with Gasteiger partial charge in [-0.25, -0.2) is 8.42 Å². The molecule has 2 rings (SSSR count). The van der Waals surface area contributed by atoms with Gasteiger partial charge < -0.3 is 5.32 Å². The lowest BCUT2D eigenvalue weighted by Gasteiger charge is -2.30. The zero-order valence-electron chi connectivity index (χ0n) is 15.3. The van der Waals surface area contributed by atoms with E-state index in [-0.39, 0.29) is 5.91 Å². The second-order valence-corrected chi connectivity index (χ2v) is 9.38. The van der Waals surface area contributed by atoms with Crippen LogP contribution in [0.3, 0.4) is 0 Å². The standard InChI is InChI=1S/C19H23ClN2O3S2/c1-3-18(19(23)21-12-13-26-17-10-5-4-6-11-17)22(27(2,24)25)16-9-7-8-15(20)14-16/h4-11,14,18H,3,12-13H2,1-2H3,(H,21,23)/t18-/m1/s1. The maximum Gasteiger partial charge on any atom is 0.243 e. The molecule has 1 N–H and O–H groups in total. The number of carbonyl (C=O) groups excluding carboxylic acids is 1. The van der Waals surface area contributed by atoms with E-state index in [4.69, 9.17) is 11.6 Å². The van der Waals surface area contributed by atoms with Gasteiger partial charge in [-0.2, -0.15) is 0 Å². The fourth-order valence-corrected chi connectivity index (χ4v) is 4.83. The molecular weight excluding hydrogens is 404 g/mol. The lowest BCUT2D eigenvalue weighted by atomic mass is 10.2. The maximum atomic E-state index is 12.7. The summed E-state index contributed by atoms with van der Waals surface area (Å²) in [6, 6.07) is 15.6. The third kappa shape index (κ3) is 6.45. The van der Waals surface area contributed by atoms with Gasteiger partial charge in [-0.15, -0.1) is 11.8 Å². The maximum absolute atomic E-state index is 12.7. The van der Waals surface area contributed by atoms with Crippen LogP contribution in [0.5, 0.6) is 0 Å². The predicted molar refractivity (Wildman–Crippen MR) is 113 cm³/mol. The number of rotatable bonds is 9. The van der Waals surface area contributed by atoms with E-state index >= 15 is 0 Å². The normalized spacial score (nSPS) is 12.4. The van der Waals surface area contributed by atoms with Crippen LogP contribution in [0.1, 0.15) is 13.3 Å². The average Bonchev–Trinajstić information content (AvgIpc) is 2.62. The molecular formula is C19H23ClN2O3S2. The highest BCUT2D eigenvalue weighted by Crippen LogP contribution is 2.25. The van der Waals surface area contributed by atoms with Gasteiger partial charge in [-0.1, -0.05) is 42.8 Å². The van der Waals surface area contributed by atoms with Gasteiger partial charge >= 0.3 is 0 Å². The number of benzene rings is 2. The van der Waals surface area contributed by atoms with Crippen molar-refractivity contribution in [3.63, 3.8) is 0 Å². The number of thioether (sulfide) groups is 1. The monoisotopic (exact) mass is 426 g/mol. The van der Waals surface area contributed by atoms with Crippen molar-refractivity contribution in [2.24, 2.45) is 0 Å². The van der Waals surface area contributed by atoms with Crippen molar-refractivity contribution in [1.29, 1.82) is 0 Å². The predicted octanol–water partition coefficient (Wildman–Crippen LogP) is 3.79. The van der Waals surface area contributed by atoms with Crippen molar-refractivity contribution in [1.82, 2.24) is 5.32 Å². The molecule has 1 amide bonds. The smallest absolute Gasteiger partial charge is 0.243 e. The topological polar surface area (TPSA) is 66.5 Å². The Morgan fingerprint density at radius 2 is 1.89 bits per heavy atom. The van der Waals surface area contributed by atoms with Crippen LogP contribution in [0.25, 0.3) is 0 Å². The third-order valence-electron chi connectivity index (χ3n) is 3.81. The van der Waals surface area contributed by atoms with Crippen LogP contribution in [-0.2, 0) is 14.8 Å². The summed E-state index contributed by atoms with van der Waals surface area (Å²) in [7, 11) is -3.66. The zero-order valence-corrected chi connectivity index (χ0v) is 17.7. The number of hydrogen-bond acceptors (Lipinski definition) is 4. The molecule has 0 aliphatic heterocycles. The van der Waals surface area contributed by atoms with Gasteiger partial charge in [0.2, 0.25) is 15.9 Å². The highest BCUT2D eigenvalue weighted by atomic mass is 35.5. The summed E-state index contributed by atoms with van der Waals surface area (Å²) in [6.45, 7) is 2.23. The second-order valence-electron chi connectivity index (χ2n) is 5.92. The number of anilines is 1. The molecule has 146 valence electrons. The number of sulfonamides is 1. The number of carbonyl (C=O) groups is 1. The van der Waals surface area contributed by atoms with Gasteiger partial charge in [0.15, 0.2) is 0 Å². The Morgan fingerprint density at radius 1 is 1.19 bits per heavy atom. The Bertz CT molecular complexity index is 860. The Hall–Kier alpha value is -1.70. The minimum absolute atomic E-state index is 0.323. The summed E-state index contributed by atoms with van der Waals surface area (Å²) in [5, 5.41) is 3.25. The lowest BCUT2D eigenvalue weighted by Crippen LogP contribution is -2.49. The van der Waals surface area contributed by atoms with Crippen LogP contribution < -0.4 is 9.62 Å². The zero-order chi connectivity index (χ0) is 19.9. The molecule has 0 heterocycles. The van der Waals surface area contributed by atoms with Crippen LogP contribution in [0.4, 0.5) is 5.69 Å². The van der Waals surface area contributed by atoms with E-state index < -0.39 is 16.1 Å². The van der Waals surface area contributed by atoms with E-state index in [1.54, 1.807) is 43.0 Å². The van der Waals surface area contributed by atoms with Gasteiger partial charge in [-0.05, 0) is 36.8 Å². The molecule has 2 aromatic carbocycles. The largest absolute Gasteiger partial charge is 0.353 e. The van der Waals surface area contributed by atoms with E-state index in [2.05, 4.69) is 5.32 Å². The minimum atomic E-state index is -3.66. The molecule has 27 heavy (non-hydrogen) atoms. The molecule has 0 aliphatic carbocycles. The van der Waals surface area contributed by atoms with Crippen molar-refractivity contribution < 1.29 is 13.2 Å². The Kier molecular flexibility index (Phi) is 8.01. The molecule has 0 saturated heterocycles. The summed E-state index contributed by atoms with van der Waals surface area (Å²) < 4.78 is 25.9. The molecule has 0 aromatic heterocycles. The summed E-state index contributed by atoms with van der Waals surface area (Å²) in [4.78, 5) is 13.8. The van der Waals surface area contributed by atoms with Gasteiger partial charge in [0.05, 0.1) is 11.9 Å². The van der Waals surface area contributed by atoms with Gasteiger partial charge in [-0.3, -0.25) is 9.10 Å². The molecule has 0 bridgehead atoms. The first kappa shape index (κ1) is 21.6. The molecule has 0 radical (unpaired) electrons. The molecule has 0 unspecified atom stereocenters. The molecule has 2 aromatic rings. The Balaban J connectivity index is 2.06. The second kappa shape index (κ2) is 10.0. The third-order valence-corrected chi connectivity index (χ3v) is 6.23. The van der Waals surface area contributed by atoms with Crippen LogP contribution in [0.2, 0.25) is 5.02 Å². The van der Waals surface area contributed by atoms with E-state index in [1.165, 1.54) is 0 Å². The fraction of sp³-hybridized carbons (Fsp3) is 0.316. The summed E-state index contributed by atoms with van der Waals surface area (Å²) in [5.41, 5.74) is 0.380. The van der Waals surface area contributed by atoms with Crippen LogP contribution in [0, 0.1) is 0 Å². The van der Waals surface area contributed by atoms with Gasteiger partial charge in [0, 0.05) is 22.2 Å². The SMILES string of the molecule is CC[C@H](C(=O)NCCSc1ccccc1)N(c1cccc(Cl)c1)S(C)(=O)=O. The van der Waals surface area contributed by atoms with E-state index in [0.717, 1.165) is 15.5 Å². The van der Waals surface area contributed by atoms with Crippen molar-refractivity contribution in [3.8, 4) is 0 Å². The molecule has 1 atom stereocenters. The molecule has 0 aliphatic rings. The Morgan fingerprint density at radius 3 is 2.48 bits per heavy atom. The molecule has 0 fully saturated rings. The van der Waals surface area contributed by atoms with E-state index in [1.807, 2.05) is 30.3 Å². The first-order valence-electron chi connectivity index (χ1n) is 8.53. The quantitative estimate of drug-likeness (QED) is 0.489.